The second-order valence-corrected chi connectivity index (χ2v) is 22.8. The zero-order valence-electron chi connectivity index (χ0n) is 44.6. The Balaban J connectivity index is 0.778. The molecule has 0 bridgehead atoms. The molecule has 3 aliphatic heterocycles. The van der Waals surface area contributed by atoms with Crippen LogP contribution in [0.25, 0.3) is 43.2 Å². The Bertz CT molecular complexity index is 3190. The zero-order chi connectivity index (χ0) is 55.4. The van der Waals surface area contributed by atoms with Crippen molar-refractivity contribution in [3.63, 3.8) is 0 Å². The standard InChI is InChI=1S/C58H67ClFN9O8S/c1-7-48(73)67-20-22-68(23-21-67)54-44-29-45(59)49(43-27-40(70)26-39-10-8-9-11-42(39)43)50(60)51(44)64-57(65-54)77-25-24-66-18-16-36(17-19-66)31-76-32-47(72)63-53(58(4,5)6)56(75)69-30-41(71)28-46(69)55(74)62-34(2)37-12-14-38(15-13-37)52-35(3)61-33-78-52/h7-15,26-27,29,33-34,36,41,46,53,70-71H,1,16-25,28,30-32H2,2-6H3,(H,62,74)(H,63,72)/t34?,41-,46+,53-/m1/s1. The predicted octanol–water partition coefficient (Wildman–Crippen LogP) is 7.69. The number of aliphatic hydroxyl groups is 1. The molecule has 17 nitrogen and oxygen atoms in total. The molecule has 412 valence electrons. The zero-order valence-corrected chi connectivity index (χ0v) is 46.2. The summed E-state index contributed by atoms with van der Waals surface area (Å²) in [6.07, 6.45) is 2.07. The molecule has 3 fully saturated rings. The van der Waals surface area contributed by atoms with E-state index in [2.05, 4.69) is 32.1 Å². The molecule has 0 aliphatic carbocycles. The Hall–Kier alpha value is -6.77. The van der Waals surface area contributed by atoms with E-state index in [1.165, 1.54) is 17.0 Å². The normalized spacial score (nSPS) is 18.3. The molecule has 20 heteroatoms. The van der Waals surface area contributed by atoms with E-state index in [1.54, 1.807) is 28.4 Å². The Morgan fingerprint density at radius 3 is 2.40 bits per heavy atom. The molecular weight excluding hydrogens is 1040 g/mol. The maximum Gasteiger partial charge on any atom is 0.319 e. The fraction of sp³-hybridized carbons (Fsp3) is 0.431. The maximum absolute atomic E-state index is 17.1. The molecule has 4 atom stereocenters. The highest BCUT2D eigenvalue weighted by molar-refractivity contribution is 7.13. The summed E-state index contributed by atoms with van der Waals surface area (Å²) in [5.74, 6) is -1.57. The number of β-amino-alcohol motifs (C(OH)–C–C–N with tert-alkyl or cyclic N) is 1. The fourth-order valence-corrected chi connectivity index (χ4v) is 11.8. The number of benzene rings is 4. The number of piperidine rings is 1. The number of aromatic nitrogens is 3. The van der Waals surface area contributed by atoms with E-state index in [-0.39, 0.29) is 77.8 Å². The summed E-state index contributed by atoms with van der Waals surface area (Å²) in [4.78, 5) is 76.0. The number of aromatic hydroxyl groups is 1. The number of hydrogen-bond donors (Lipinski definition) is 4. The van der Waals surface area contributed by atoms with Crippen LogP contribution in [0.2, 0.25) is 5.02 Å². The molecule has 4 aromatic carbocycles. The number of carbonyl (C=O) groups is 4. The van der Waals surface area contributed by atoms with Crippen molar-refractivity contribution in [3.05, 3.63) is 107 Å². The number of carbonyl (C=O) groups excluding carboxylic acids is 4. The van der Waals surface area contributed by atoms with Crippen molar-refractivity contribution in [2.75, 3.05) is 77.1 Å². The van der Waals surface area contributed by atoms with E-state index < -0.39 is 41.2 Å². The number of halogens is 2. The highest BCUT2D eigenvalue weighted by atomic mass is 35.5. The van der Waals surface area contributed by atoms with Crippen molar-refractivity contribution >= 4 is 74.1 Å². The van der Waals surface area contributed by atoms with Crippen LogP contribution in [0, 0.1) is 24.1 Å². The highest BCUT2D eigenvalue weighted by Gasteiger charge is 2.45. The molecule has 78 heavy (non-hydrogen) atoms. The van der Waals surface area contributed by atoms with Gasteiger partial charge in [0.1, 0.15) is 42.4 Å². The number of hydrogen-bond acceptors (Lipinski definition) is 14. The third kappa shape index (κ3) is 12.6. The number of nitrogens with zero attached hydrogens (tertiary/aromatic N) is 7. The molecule has 4 N–H and O–H groups in total. The Morgan fingerprint density at radius 2 is 1.71 bits per heavy atom. The molecule has 3 saturated heterocycles. The van der Waals surface area contributed by atoms with Crippen molar-refractivity contribution in [2.45, 2.75) is 78.1 Å². The number of anilines is 1. The van der Waals surface area contributed by atoms with Gasteiger partial charge < -0.3 is 45.0 Å². The number of rotatable bonds is 17. The number of phenols is 1. The van der Waals surface area contributed by atoms with E-state index >= 15 is 4.39 Å². The first-order valence-corrected chi connectivity index (χ1v) is 27.7. The monoisotopic (exact) mass is 1100 g/mol. The van der Waals surface area contributed by atoms with E-state index in [1.807, 2.05) is 93.6 Å². The number of phenolic OH excluding ortho intramolecular Hbond substituents is 1. The summed E-state index contributed by atoms with van der Waals surface area (Å²) < 4.78 is 29.2. The molecule has 5 heterocycles. The third-order valence-corrected chi connectivity index (χ3v) is 16.3. The van der Waals surface area contributed by atoms with E-state index in [9.17, 15) is 29.4 Å². The lowest BCUT2D eigenvalue weighted by Gasteiger charge is -2.35. The molecule has 0 saturated carbocycles. The van der Waals surface area contributed by atoms with Gasteiger partial charge in [-0.05, 0) is 103 Å². The number of fused-ring (bicyclic) bond motifs is 2. The van der Waals surface area contributed by atoms with Crippen LogP contribution < -0.4 is 20.3 Å². The van der Waals surface area contributed by atoms with Crippen molar-refractivity contribution in [1.82, 2.24) is 40.3 Å². The summed E-state index contributed by atoms with van der Waals surface area (Å²) in [5.41, 5.74) is 4.48. The van der Waals surface area contributed by atoms with Gasteiger partial charge in [-0.3, -0.25) is 24.1 Å². The average Bonchev–Trinajstić information content (AvgIpc) is 4.19. The molecular formula is C58H67ClFN9O8S. The Labute approximate surface area is 462 Å². The van der Waals surface area contributed by atoms with Crippen LogP contribution >= 0.6 is 22.9 Å². The largest absolute Gasteiger partial charge is 0.508 e. The number of likely N-dealkylation sites (tertiary alicyclic amines) is 2. The fourth-order valence-electron chi connectivity index (χ4n) is 10.7. The number of thiazole rings is 1. The minimum atomic E-state index is -0.989. The van der Waals surface area contributed by atoms with Crippen molar-refractivity contribution < 1.29 is 43.3 Å². The Kier molecular flexibility index (Phi) is 17.3. The van der Waals surface area contributed by atoms with Crippen LogP contribution in [0.1, 0.15) is 64.3 Å². The lowest BCUT2D eigenvalue weighted by Crippen LogP contribution is -2.58. The molecule has 3 aliphatic rings. The van der Waals surface area contributed by atoms with Crippen molar-refractivity contribution in [2.24, 2.45) is 11.3 Å². The molecule has 4 amide bonds. The third-order valence-electron chi connectivity index (χ3n) is 15.0. The van der Waals surface area contributed by atoms with E-state index in [4.69, 9.17) is 26.1 Å². The number of aryl methyl sites for hydroxylation is 1. The summed E-state index contributed by atoms with van der Waals surface area (Å²) in [6, 6.07) is 17.7. The summed E-state index contributed by atoms with van der Waals surface area (Å²) in [5, 5.41) is 29.2. The first-order chi connectivity index (χ1) is 37.4. The molecule has 6 aromatic rings. The van der Waals surface area contributed by atoms with Gasteiger partial charge in [0.15, 0.2) is 5.82 Å². The second kappa shape index (κ2) is 24.1. The maximum atomic E-state index is 17.1. The predicted molar refractivity (Wildman–Crippen MR) is 300 cm³/mol. The quantitative estimate of drug-likeness (QED) is 0.0648. The van der Waals surface area contributed by atoms with Gasteiger partial charge in [0.2, 0.25) is 23.6 Å². The topological polar surface area (TPSA) is 203 Å². The van der Waals surface area contributed by atoms with Crippen LogP contribution in [0.4, 0.5) is 10.2 Å². The molecule has 0 radical (unpaired) electrons. The highest BCUT2D eigenvalue weighted by Crippen LogP contribution is 2.43. The van der Waals surface area contributed by atoms with Crippen LogP contribution in [0.3, 0.4) is 0 Å². The van der Waals surface area contributed by atoms with Gasteiger partial charge in [-0.25, -0.2) is 9.37 Å². The first-order valence-electron chi connectivity index (χ1n) is 26.5. The van der Waals surface area contributed by atoms with E-state index in [0.29, 0.717) is 66.9 Å². The van der Waals surface area contributed by atoms with Crippen LogP contribution in [0.5, 0.6) is 11.8 Å². The SMILES string of the molecule is C=CC(=O)N1CCN(c2nc(OCCN3CCC(COCC(=O)N[C@H](C(=O)N4C[C@H](O)C[C@H]4C(=O)NC(C)c4ccc(-c5scnc5C)cc4)C(C)(C)C)CC3)nc3c(F)c(-c4cc(O)cc5ccccc45)c(Cl)cc23)CC1. The molecule has 1 unspecified atom stereocenters. The average molecular weight is 1100 g/mol. The van der Waals surface area contributed by atoms with Gasteiger partial charge in [0.05, 0.1) is 39.9 Å². The second-order valence-electron chi connectivity index (χ2n) is 21.5. The molecule has 9 rings (SSSR count). The van der Waals surface area contributed by atoms with Gasteiger partial charge in [-0.15, -0.1) is 11.3 Å². The Morgan fingerprint density at radius 1 is 0.974 bits per heavy atom. The minimum absolute atomic E-state index is 0.00753. The van der Waals surface area contributed by atoms with Gasteiger partial charge in [0, 0.05) is 56.6 Å². The summed E-state index contributed by atoms with van der Waals surface area (Å²) >= 11 is 8.48. The number of aliphatic hydroxyl groups excluding tert-OH is 1. The van der Waals surface area contributed by atoms with Crippen LogP contribution in [-0.4, -0.2) is 154 Å². The lowest BCUT2D eigenvalue weighted by molar-refractivity contribution is -0.144. The van der Waals surface area contributed by atoms with Crippen molar-refractivity contribution in [3.8, 4) is 33.3 Å². The molecule has 2 aromatic heterocycles. The number of nitrogens with one attached hydrogen (secondary N) is 2. The summed E-state index contributed by atoms with van der Waals surface area (Å²) in [6.45, 7) is 16.9. The van der Waals surface area contributed by atoms with Crippen molar-refractivity contribution in [1.29, 1.82) is 0 Å². The number of ether oxygens (including phenoxy) is 2. The van der Waals surface area contributed by atoms with Gasteiger partial charge in [-0.1, -0.05) is 87.5 Å². The van der Waals surface area contributed by atoms with E-state index in [0.717, 1.165) is 47.6 Å². The smallest absolute Gasteiger partial charge is 0.319 e. The molecule has 0 spiro atoms. The van der Waals surface area contributed by atoms with Crippen LogP contribution in [-0.2, 0) is 23.9 Å². The van der Waals surface area contributed by atoms with Gasteiger partial charge in [-0.2, -0.15) is 9.97 Å². The van der Waals surface area contributed by atoms with Crippen LogP contribution in [0.15, 0.2) is 84.9 Å². The number of amides is 4. The minimum Gasteiger partial charge on any atom is -0.508 e. The first kappa shape index (κ1) is 56.0. The lowest BCUT2D eigenvalue weighted by atomic mass is 9.85. The number of piperazine rings is 1. The van der Waals surface area contributed by atoms with Gasteiger partial charge in [0.25, 0.3) is 0 Å². The van der Waals surface area contributed by atoms with Gasteiger partial charge >= 0.3 is 6.01 Å². The summed E-state index contributed by atoms with van der Waals surface area (Å²) in [7, 11) is 0.